The highest BCUT2D eigenvalue weighted by atomic mass is 32.3. The fraction of sp³-hybridized carbons (Fsp3) is 0.652. The Hall–Kier alpha value is -2.67. The Kier molecular flexibility index (Phi) is 18.5. The van der Waals surface area contributed by atoms with Crippen LogP contribution in [0.25, 0.3) is 0 Å². The van der Waals surface area contributed by atoms with Gasteiger partial charge in [-0.2, -0.15) is 13.2 Å². The third-order valence-electron chi connectivity index (χ3n) is 5.36. The molecule has 0 aliphatic carbocycles. The van der Waals surface area contributed by atoms with Crippen molar-refractivity contribution in [2.45, 2.75) is 60.1 Å². The maximum absolute atomic E-state index is 10.7. The third-order valence-corrected chi connectivity index (χ3v) is 6.45. The number of rotatable bonds is 5. The van der Waals surface area contributed by atoms with E-state index in [4.69, 9.17) is 13.0 Å². The zero-order valence-electron chi connectivity index (χ0n) is 25.0. The summed E-state index contributed by atoms with van der Waals surface area (Å²) in [4.78, 5) is 4.41. The summed E-state index contributed by atoms with van der Waals surface area (Å²) in [7, 11) is -4.32. The van der Waals surface area contributed by atoms with E-state index in [0.29, 0.717) is 0 Å². The zero-order valence-corrected chi connectivity index (χ0v) is 26.6. The van der Waals surface area contributed by atoms with Crippen LogP contribution in [0.3, 0.4) is 0 Å². The van der Waals surface area contributed by atoms with Gasteiger partial charge in [0.25, 0.3) is 11.6 Å². The minimum absolute atomic E-state index is 0.0914. The van der Waals surface area contributed by atoms with Crippen molar-refractivity contribution in [2.24, 2.45) is 14.1 Å². The maximum atomic E-state index is 10.7. The molecule has 0 amide bonds. The Balaban J connectivity index is 0. The third kappa shape index (κ3) is 17.7. The number of hydrogen-bond acceptors (Lipinski definition) is 9. The summed E-state index contributed by atoms with van der Waals surface area (Å²) in [6.07, 6.45) is 12.5. The van der Waals surface area contributed by atoms with Crippen LogP contribution >= 0.6 is 0 Å². The molecular weight excluding hydrogens is 593 g/mol. The van der Waals surface area contributed by atoms with Crippen molar-refractivity contribution in [1.82, 2.24) is 18.9 Å². The van der Waals surface area contributed by atoms with Crippen LogP contribution < -0.4 is 9.13 Å². The van der Waals surface area contributed by atoms with Crippen LogP contribution in [0.5, 0.6) is 0 Å². The van der Waals surface area contributed by atoms with Crippen LogP contribution in [0.2, 0.25) is 0 Å². The van der Waals surface area contributed by atoms with Gasteiger partial charge in [-0.05, 0) is 27.7 Å². The molecule has 0 saturated heterocycles. The van der Waals surface area contributed by atoms with Gasteiger partial charge in [-0.15, -0.1) is 0 Å². The van der Waals surface area contributed by atoms with E-state index >= 15 is 0 Å². The summed E-state index contributed by atoms with van der Waals surface area (Å²) < 4.78 is 99.6. The molecule has 0 bridgehead atoms. The quantitative estimate of drug-likeness (QED) is 0.206. The standard InChI is InChI=1S/2C7H13N2.C6H12N2.C2H6O4S.CHF3O3S/c2*1-4-9-6-5-8(3)7(9)2;1-3-8-5-4-7(2)6-8;1-2-6-7(3,4)5;2-1(3,4)8(5,6)7/h2*5-6H,4H2,1-3H3;4-5H,3,6H2,1-2H3;2H2,1H3,(H,3,4,5);(H,5,6,7)/q2*+1;;;/p-2. The highest BCUT2D eigenvalue weighted by molar-refractivity contribution is 7.86. The van der Waals surface area contributed by atoms with Crippen LogP contribution in [-0.4, -0.2) is 77.3 Å². The molecule has 0 spiro atoms. The molecule has 41 heavy (non-hydrogen) atoms. The summed E-state index contributed by atoms with van der Waals surface area (Å²) >= 11 is 0. The summed E-state index contributed by atoms with van der Waals surface area (Å²) in [6.45, 7) is 16.3. The molecular formula is C23H43F3N6O7S2. The summed E-state index contributed by atoms with van der Waals surface area (Å²) in [5.74, 6) is 2.61. The largest absolute Gasteiger partial charge is 0.741 e. The number of nitrogens with zero attached hydrogens (tertiary/aromatic N) is 6. The van der Waals surface area contributed by atoms with E-state index in [1.54, 1.807) is 0 Å². The fourth-order valence-electron chi connectivity index (χ4n) is 2.80. The number of aryl methyl sites for hydroxylation is 4. The van der Waals surface area contributed by atoms with Crippen LogP contribution in [0.15, 0.2) is 37.2 Å². The molecule has 240 valence electrons. The lowest BCUT2D eigenvalue weighted by Crippen LogP contribution is -2.33. The second-order valence-corrected chi connectivity index (χ2v) is 10.7. The molecule has 0 radical (unpaired) electrons. The Morgan fingerprint density at radius 3 is 1.34 bits per heavy atom. The van der Waals surface area contributed by atoms with E-state index in [0.717, 1.165) is 26.3 Å². The van der Waals surface area contributed by atoms with E-state index in [1.807, 2.05) is 0 Å². The van der Waals surface area contributed by atoms with Gasteiger partial charge in [0.15, 0.2) is 10.1 Å². The van der Waals surface area contributed by atoms with E-state index in [9.17, 15) is 26.1 Å². The van der Waals surface area contributed by atoms with E-state index in [2.05, 4.69) is 125 Å². The Labute approximate surface area is 241 Å². The minimum Gasteiger partial charge on any atom is -0.741 e. The zero-order chi connectivity index (χ0) is 32.6. The molecule has 0 N–H and O–H groups in total. The topological polar surface area (TPSA) is 148 Å². The highest BCUT2D eigenvalue weighted by Gasteiger charge is 2.36. The van der Waals surface area contributed by atoms with Crippen molar-refractivity contribution < 1.29 is 52.4 Å². The van der Waals surface area contributed by atoms with Crippen LogP contribution in [0, 0.1) is 13.8 Å². The van der Waals surface area contributed by atoms with E-state index in [-0.39, 0.29) is 6.61 Å². The molecule has 2 aromatic heterocycles. The normalized spacial score (nSPS) is 12.7. The van der Waals surface area contributed by atoms with Crippen LogP contribution in [0.4, 0.5) is 13.2 Å². The Bertz CT molecular complexity index is 1210. The summed E-state index contributed by atoms with van der Waals surface area (Å²) in [5.41, 5.74) is -5.65. The molecule has 13 nitrogen and oxygen atoms in total. The SMILES string of the molecule is CCN1C=CN(C)C1.CCOS(=O)(=O)[O-].CC[n+]1ccn(C)c1C.CC[n+]1ccn(C)c1C.O=S(=O)([O-])C(F)(F)F. The first-order valence-electron chi connectivity index (χ1n) is 12.4. The first-order chi connectivity index (χ1) is 18.6. The predicted molar refractivity (Wildman–Crippen MR) is 143 cm³/mol. The first-order valence-corrected chi connectivity index (χ1v) is 15.2. The van der Waals surface area contributed by atoms with Crippen molar-refractivity contribution in [3.8, 4) is 0 Å². The number of hydrogen-bond donors (Lipinski definition) is 0. The van der Waals surface area contributed by atoms with Crippen molar-refractivity contribution in [3.05, 3.63) is 48.8 Å². The lowest BCUT2D eigenvalue weighted by Gasteiger charge is -2.14. The Morgan fingerprint density at radius 1 is 0.854 bits per heavy atom. The van der Waals surface area contributed by atoms with Crippen molar-refractivity contribution >= 4 is 20.5 Å². The Morgan fingerprint density at radius 2 is 1.24 bits per heavy atom. The van der Waals surface area contributed by atoms with Crippen LogP contribution in [-0.2, 0) is 51.9 Å². The average molecular weight is 637 g/mol. The molecule has 3 heterocycles. The molecule has 0 fully saturated rings. The van der Waals surface area contributed by atoms with E-state index < -0.39 is 26.0 Å². The first kappa shape index (κ1) is 40.5. The molecule has 0 atom stereocenters. The monoisotopic (exact) mass is 636 g/mol. The fourth-order valence-corrected chi connectivity index (χ4v) is 3.09. The molecule has 0 aromatic carbocycles. The molecule has 0 saturated carbocycles. The lowest BCUT2D eigenvalue weighted by atomic mass is 10.6. The van der Waals surface area contributed by atoms with Gasteiger partial charge < -0.3 is 18.9 Å². The van der Waals surface area contributed by atoms with Gasteiger partial charge in [-0.1, -0.05) is 0 Å². The molecule has 18 heteroatoms. The van der Waals surface area contributed by atoms with Gasteiger partial charge in [0.2, 0.25) is 10.4 Å². The molecule has 0 unspecified atom stereocenters. The maximum Gasteiger partial charge on any atom is 0.485 e. The highest BCUT2D eigenvalue weighted by Crippen LogP contribution is 2.20. The molecule has 1 aliphatic rings. The number of alkyl halides is 3. The van der Waals surface area contributed by atoms with Crippen LogP contribution in [0.1, 0.15) is 39.3 Å². The summed E-state index contributed by atoms with van der Waals surface area (Å²) in [6, 6.07) is 0. The van der Waals surface area contributed by atoms with Crippen molar-refractivity contribution in [3.63, 3.8) is 0 Å². The van der Waals surface area contributed by atoms with Gasteiger partial charge >= 0.3 is 5.51 Å². The van der Waals surface area contributed by atoms with Gasteiger partial charge in [0.1, 0.15) is 24.8 Å². The second kappa shape index (κ2) is 18.7. The lowest BCUT2D eigenvalue weighted by molar-refractivity contribution is -0.699. The number of aromatic nitrogens is 4. The van der Waals surface area contributed by atoms with Crippen molar-refractivity contribution in [1.29, 1.82) is 0 Å². The van der Waals surface area contributed by atoms with Gasteiger partial charge in [-0.3, -0.25) is 4.18 Å². The average Bonchev–Trinajstić information content (AvgIpc) is 3.52. The van der Waals surface area contributed by atoms with Gasteiger partial charge in [-0.25, -0.2) is 35.1 Å². The van der Waals surface area contributed by atoms with Gasteiger partial charge in [0, 0.05) is 39.8 Å². The summed E-state index contributed by atoms with van der Waals surface area (Å²) in [5, 5.41) is 0. The second-order valence-electron chi connectivity index (χ2n) is 8.30. The molecule has 2 aromatic rings. The predicted octanol–water partition coefficient (Wildman–Crippen LogP) is 1.50. The number of imidazole rings is 2. The smallest absolute Gasteiger partial charge is 0.485 e. The minimum atomic E-state index is -6.09. The number of halogens is 3. The molecule has 1 aliphatic heterocycles. The van der Waals surface area contributed by atoms with Gasteiger partial charge in [0.05, 0.1) is 40.5 Å². The van der Waals surface area contributed by atoms with Crippen molar-refractivity contribution in [2.75, 3.05) is 26.9 Å². The van der Waals surface area contributed by atoms with E-state index in [1.165, 1.54) is 18.6 Å². The molecule has 3 rings (SSSR count).